The van der Waals surface area contributed by atoms with Crippen LogP contribution in [0.3, 0.4) is 0 Å². The molecule has 0 aromatic carbocycles. The van der Waals surface area contributed by atoms with Crippen LogP contribution in [0.25, 0.3) is 0 Å². The van der Waals surface area contributed by atoms with E-state index in [4.69, 9.17) is 4.52 Å². The van der Waals surface area contributed by atoms with Crippen molar-refractivity contribution in [3.63, 3.8) is 0 Å². The van der Waals surface area contributed by atoms with Crippen molar-refractivity contribution >= 4 is 0 Å². The number of aromatic nitrogens is 4. The van der Waals surface area contributed by atoms with Gasteiger partial charge in [0.25, 0.3) is 0 Å². The van der Waals surface area contributed by atoms with E-state index < -0.39 is 0 Å². The van der Waals surface area contributed by atoms with Crippen molar-refractivity contribution in [2.75, 3.05) is 0 Å². The lowest BCUT2D eigenvalue weighted by Gasteiger charge is -2.12. The Bertz CT molecular complexity index is 501. The predicted molar refractivity (Wildman–Crippen MR) is 71.4 cm³/mol. The average Bonchev–Trinajstić information content (AvgIpc) is 3.01. The maximum Gasteiger partial charge on any atom is 0.223 e. The lowest BCUT2D eigenvalue weighted by Crippen LogP contribution is -2.15. The molecule has 0 aliphatic carbocycles. The summed E-state index contributed by atoms with van der Waals surface area (Å²) in [6.07, 6.45) is 4.26. The summed E-state index contributed by atoms with van der Waals surface area (Å²) in [6.45, 7) is 7.46. The van der Waals surface area contributed by atoms with E-state index in [1.165, 1.54) is 0 Å². The van der Waals surface area contributed by atoms with Crippen molar-refractivity contribution in [1.29, 1.82) is 0 Å². The van der Waals surface area contributed by atoms with Crippen molar-refractivity contribution in [2.24, 2.45) is 0 Å². The van der Waals surface area contributed by atoms with Crippen LogP contribution in [0.4, 0.5) is 0 Å². The Morgan fingerprint density at radius 1 is 1.32 bits per heavy atom. The van der Waals surface area contributed by atoms with Gasteiger partial charge in [-0.25, -0.2) is 0 Å². The van der Waals surface area contributed by atoms with Crippen LogP contribution in [0.15, 0.2) is 16.8 Å². The Morgan fingerprint density at radius 3 is 2.74 bits per heavy atom. The van der Waals surface area contributed by atoms with Gasteiger partial charge in [-0.05, 0) is 18.9 Å². The summed E-state index contributed by atoms with van der Waals surface area (Å²) in [4.78, 5) is 4.14. The Kier molecular flexibility index (Phi) is 4.68. The number of hydrogen-bond acceptors (Lipinski definition) is 5. The van der Waals surface area contributed by atoms with Gasteiger partial charge < -0.3 is 9.84 Å². The molecule has 0 saturated carbocycles. The quantitative estimate of drug-likeness (QED) is 0.829. The summed E-state index contributed by atoms with van der Waals surface area (Å²) in [6, 6.07) is 2.54. The summed E-state index contributed by atoms with van der Waals surface area (Å²) in [5, 5.41) is 11.7. The molecule has 104 valence electrons. The van der Waals surface area contributed by atoms with Gasteiger partial charge in [-0.15, -0.1) is 0 Å². The Balaban J connectivity index is 1.83. The van der Waals surface area contributed by atoms with Gasteiger partial charge in [-0.3, -0.25) is 4.68 Å². The maximum absolute atomic E-state index is 4.91. The van der Waals surface area contributed by atoms with E-state index in [0.29, 0.717) is 30.8 Å². The van der Waals surface area contributed by atoms with Crippen molar-refractivity contribution in [1.82, 2.24) is 25.2 Å². The smallest absolute Gasteiger partial charge is 0.223 e. The van der Waals surface area contributed by atoms with Crippen LogP contribution in [0.5, 0.6) is 0 Å². The highest BCUT2D eigenvalue weighted by molar-refractivity contribution is 4.99. The Hall–Kier alpha value is -1.69. The summed E-state index contributed by atoms with van der Waals surface area (Å²) < 4.78 is 6.96. The third kappa shape index (κ3) is 3.64. The van der Waals surface area contributed by atoms with Crippen LogP contribution < -0.4 is 5.32 Å². The third-order valence-corrected chi connectivity index (χ3v) is 3.14. The molecular formula is C13H21N5O. The van der Waals surface area contributed by atoms with E-state index in [0.717, 1.165) is 18.5 Å². The largest absolute Gasteiger partial charge is 0.340 e. The number of hydrogen-bond donors (Lipinski definition) is 1. The fourth-order valence-electron chi connectivity index (χ4n) is 2.05. The van der Waals surface area contributed by atoms with Crippen LogP contribution in [0.1, 0.15) is 50.1 Å². The number of aryl methyl sites for hydroxylation is 1. The molecule has 0 aliphatic rings. The maximum atomic E-state index is 4.91. The second-order valence-corrected chi connectivity index (χ2v) is 4.59. The lowest BCUT2D eigenvalue weighted by molar-refractivity contribution is 0.385. The topological polar surface area (TPSA) is 68.8 Å². The van der Waals surface area contributed by atoms with Gasteiger partial charge in [0.05, 0.1) is 18.3 Å². The molecule has 0 amide bonds. The molecule has 19 heavy (non-hydrogen) atoms. The highest BCUT2D eigenvalue weighted by atomic mass is 16.5. The first-order valence-electron chi connectivity index (χ1n) is 6.76. The van der Waals surface area contributed by atoms with E-state index >= 15 is 0 Å². The lowest BCUT2D eigenvalue weighted by atomic mass is 10.2. The first kappa shape index (κ1) is 13.7. The predicted octanol–water partition coefficient (Wildman–Crippen LogP) is 2.23. The third-order valence-electron chi connectivity index (χ3n) is 3.14. The molecule has 1 N–H and O–H groups in total. The Labute approximate surface area is 113 Å². The number of nitrogens with one attached hydrogen (secondary N) is 1. The van der Waals surface area contributed by atoms with Crippen LogP contribution in [0, 0.1) is 6.92 Å². The van der Waals surface area contributed by atoms with Crippen LogP contribution in [0.2, 0.25) is 0 Å². The molecule has 2 rings (SSSR count). The molecule has 0 fully saturated rings. The standard InChI is InChI=1S/C13H21N5O/c1-4-12(5-2)18-7-6-11(16-18)8-14-9-13-15-10(3)19-17-13/h6-7,12,14H,4-5,8-9H2,1-3H3. The Morgan fingerprint density at radius 2 is 2.11 bits per heavy atom. The highest BCUT2D eigenvalue weighted by Gasteiger charge is 2.08. The zero-order valence-corrected chi connectivity index (χ0v) is 11.8. The SMILES string of the molecule is CCC(CC)n1ccc(CNCc2noc(C)n2)n1. The molecule has 0 spiro atoms. The van der Waals surface area contributed by atoms with Gasteiger partial charge in [-0.1, -0.05) is 19.0 Å². The normalized spacial score (nSPS) is 11.4. The molecule has 2 aromatic rings. The van der Waals surface area contributed by atoms with E-state index in [-0.39, 0.29) is 0 Å². The number of nitrogens with zero attached hydrogens (tertiary/aromatic N) is 4. The van der Waals surface area contributed by atoms with Crippen LogP contribution >= 0.6 is 0 Å². The van der Waals surface area contributed by atoms with Gasteiger partial charge >= 0.3 is 0 Å². The van der Waals surface area contributed by atoms with Gasteiger partial charge in [0.1, 0.15) is 0 Å². The van der Waals surface area contributed by atoms with Crippen LogP contribution in [-0.4, -0.2) is 19.9 Å². The van der Waals surface area contributed by atoms with E-state index in [2.05, 4.69) is 39.1 Å². The average molecular weight is 263 g/mol. The summed E-state index contributed by atoms with van der Waals surface area (Å²) >= 11 is 0. The fourth-order valence-corrected chi connectivity index (χ4v) is 2.05. The zero-order chi connectivity index (χ0) is 13.7. The minimum Gasteiger partial charge on any atom is -0.340 e. The second kappa shape index (κ2) is 6.47. The summed E-state index contributed by atoms with van der Waals surface area (Å²) in [5.41, 5.74) is 1.03. The van der Waals surface area contributed by atoms with Crippen molar-refractivity contribution in [3.05, 3.63) is 29.7 Å². The molecular weight excluding hydrogens is 242 g/mol. The minimum absolute atomic E-state index is 0.494. The first-order valence-corrected chi connectivity index (χ1v) is 6.76. The monoisotopic (exact) mass is 263 g/mol. The molecule has 6 nitrogen and oxygen atoms in total. The molecule has 0 radical (unpaired) electrons. The van der Waals surface area contributed by atoms with Crippen molar-refractivity contribution < 1.29 is 4.52 Å². The van der Waals surface area contributed by atoms with Gasteiger partial charge in [0.15, 0.2) is 5.82 Å². The molecule has 0 unspecified atom stereocenters. The van der Waals surface area contributed by atoms with E-state index in [9.17, 15) is 0 Å². The molecule has 2 heterocycles. The highest BCUT2D eigenvalue weighted by Crippen LogP contribution is 2.14. The van der Waals surface area contributed by atoms with E-state index in [1.807, 2.05) is 12.3 Å². The van der Waals surface area contributed by atoms with Crippen LogP contribution in [-0.2, 0) is 13.1 Å². The molecule has 2 aromatic heterocycles. The molecule has 0 bridgehead atoms. The fraction of sp³-hybridized carbons (Fsp3) is 0.615. The second-order valence-electron chi connectivity index (χ2n) is 4.59. The van der Waals surface area contributed by atoms with Crippen molar-refractivity contribution in [2.45, 2.75) is 52.7 Å². The molecule has 6 heteroatoms. The van der Waals surface area contributed by atoms with Gasteiger partial charge in [-0.2, -0.15) is 10.1 Å². The molecule has 0 aliphatic heterocycles. The summed E-state index contributed by atoms with van der Waals surface area (Å²) in [7, 11) is 0. The molecule has 0 atom stereocenters. The minimum atomic E-state index is 0.494. The zero-order valence-electron chi connectivity index (χ0n) is 11.8. The van der Waals surface area contributed by atoms with Crippen molar-refractivity contribution in [3.8, 4) is 0 Å². The number of rotatable bonds is 7. The van der Waals surface area contributed by atoms with E-state index in [1.54, 1.807) is 6.92 Å². The first-order chi connectivity index (χ1) is 9.22. The summed E-state index contributed by atoms with van der Waals surface area (Å²) in [5.74, 6) is 1.27. The molecule has 0 saturated heterocycles. The van der Waals surface area contributed by atoms with Gasteiger partial charge in [0.2, 0.25) is 5.89 Å². The van der Waals surface area contributed by atoms with Gasteiger partial charge in [0, 0.05) is 19.7 Å².